The molecule has 0 radical (unpaired) electrons. The van der Waals surface area contributed by atoms with Crippen LogP contribution >= 0.6 is 0 Å². The summed E-state index contributed by atoms with van der Waals surface area (Å²) in [5.41, 5.74) is 1.33. The summed E-state index contributed by atoms with van der Waals surface area (Å²) in [6.07, 6.45) is 9.13. The molecule has 0 amide bonds. The van der Waals surface area contributed by atoms with Gasteiger partial charge in [-0.25, -0.2) is 0 Å². The van der Waals surface area contributed by atoms with E-state index in [1.54, 1.807) is 0 Å². The van der Waals surface area contributed by atoms with E-state index in [1.807, 2.05) is 18.5 Å². The molecule has 76 valence electrons. The molecule has 0 atom stereocenters. The van der Waals surface area contributed by atoms with Gasteiger partial charge in [-0.15, -0.1) is 0 Å². The Morgan fingerprint density at radius 3 is 2.71 bits per heavy atom. The highest BCUT2D eigenvalue weighted by Crippen LogP contribution is 2.26. The lowest BCUT2D eigenvalue weighted by Gasteiger charge is -2.25. The maximum atomic E-state index is 9.38. The van der Waals surface area contributed by atoms with Gasteiger partial charge in [-0.2, -0.15) is 0 Å². The van der Waals surface area contributed by atoms with Crippen molar-refractivity contribution >= 4 is 0 Å². The minimum absolute atomic E-state index is 0.0415. The number of aliphatic hydroxyl groups is 1. The van der Waals surface area contributed by atoms with Crippen molar-refractivity contribution in [2.75, 3.05) is 0 Å². The Balaban J connectivity index is 1.87. The average molecular weight is 191 g/mol. The second kappa shape index (κ2) is 4.56. The first-order valence-electron chi connectivity index (χ1n) is 5.41. The zero-order valence-corrected chi connectivity index (χ0v) is 8.39. The zero-order valence-electron chi connectivity index (χ0n) is 8.39. The molecule has 2 heteroatoms. The van der Waals surface area contributed by atoms with Crippen LogP contribution in [0.2, 0.25) is 0 Å². The molecule has 1 aliphatic carbocycles. The molecule has 1 N–H and O–H groups in total. The molecule has 1 aliphatic rings. The van der Waals surface area contributed by atoms with Crippen molar-refractivity contribution in [3.05, 3.63) is 30.1 Å². The molecule has 1 aromatic rings. The molecule has 2 nitrogen and oxygen atoms in total. The molecule has 0 unspecified atom stereocenters. The number of aromatic nitrogens is 1. The maximum absolute atomic E-state index is 9.38. The Labute approximate surface area is 85.0 Å². The number of rotatable bonds is 2. The Morgan fingerprint density at radius 2 is 2.07 bits per heavy atom. The van der Waals surface area contributed by atoms with Gasteiger partial charge >= 0.3 is 0 Å². The lowest BCUT2D eigenvalue weighted by molar-refractivity contribution is 0.108. The SMILES string of the molecule is OC1CCC(Cc2cccnc2)CC1. The first-order valence-corrected chi connectivity index (χ1v) is 5.41. The number of hydrogen-bond donors (Lipinski definition) is 1. The number of hydrogen-bond acceptors (Lipinski definition) is 2. The van der Waals surface area contributed by atoms with Crippen molar-refractivity contribution in [3.8, 4) is 0 Å². The summed E-state index contributed by atoms with van der Waals surface area (Å²) in [5.74, 6) is 0.752. The highest BCUT2D eigenvalue weighted by atomic mass is 16.3. The molecule has 1 aromatic heterocycles. The van der Waals surface area contributed by atoms with E-state index in [-0.39, 0.29) is 6.10 Å². The van der Waals surface area contributed by atoms with Crippen molar-refractivity contribution in [1.29, 1.82) is 0 Å². The third kappa shape index (κ3) is 2.55. The van der Waals surface area contributed by atoms with Gasteiger partial charge in [-0.1, -0.05) is 6.07 Å². The maximum Gasteiger partial charge on any atom is 0.0540 e. The average Bonchev–Trinajstić information content (AvgIpc) is 2.23. The molecule has 0 aliphatic heterocycles. The van der Waals surface area contributed by atoms with E-state index < -0.39 is 0 Å². The number of nitrogens with zero attached hydrogens (tertiary/aromatic N) is 1. The van der Waals surface area contributed by atoms with E-state index >= 15 is 0 Å². The lowest BCUT2D eigenvalue weighted by Crippen LogP contribution is -2.19. The van der Waals surface area contributed by atoms with E-state index in [1.165, 1.54) is 5.56 Å². The highest BCUT2D eigenvalue weighted by Gasteiger charge is 2.19. The fourth-order valence-electron chi connectivity index (χ4n) is 2.20. The van der Waals surface area contributed by atoms with Gasteiger partial charge in [-0.05, 0) is 49.7 Å². The smallest absolute Gasteiger partial charge is 0.0540 e. The predicted molar refractivity (Wildman–Crippen MR) is 55.9 cm³/mol. The minimum Gasteiger partial charge on any atom is -0.393 e. The molecule has 1 heterocycles. The summed E-state index contributed by atoms with van der Waals surface area (Å²) in [4.78, 5) is 4.12. The van der Waals surface area contributed by atoms with Gasteiger partial charge in [0, 0.05) is 12.4 Å². The van der Waals surface area contributed by atoms with Gasteiger partial charge in [0.25, 0.3) is 0 Å². The van der Waals surface area contributed by atoms with Crippen LogP contribution in [0.15, 0.2) is 24.5 Å². The predicted octanol–water partition coefficient (Wildman–Crippen LogP) is 2.18. The van der Waals surface area contributed by atoms with E-state index in [0.717, 1.165) is 38.0 Å². The first-order chi connectivity index (χ1) is 6.84. The fraction of sp³-hybridized carbons (Fsp3) is 0.583. The molecule has 2 rings (SSSR count). The van der Waals surface area contributed by atoms with Crippen LogP contribution in [0.1, 0.15) is 31.2 Å². The van der Waals surface area contributed by atoms with E-state index in [2.05, 4.69) is 11.1 Å². The van der Waals surface area contributed by atoms with Gasteiger partial charge in [0.2, 0.25) is 0 Å². The topological polar surface area (TPSA) is 33.1 Å². The third-order valence-corrected chi connectivity index (χ3v) is 3.06. The molecule has 1 fully saturated rings. The van der Waals surface area contributed by atoms with Gasteiger partial charge in [0.1, 0.15) is 0 Å². The van der Waals surface area contributed by atoms with Crippen molar-refractivity contribution in [1.82, 2.24) is 4.98 Å². The van der Waals surface area contributed by atoms with Crippen LogP contribution < -0.4 is 0 Å². The second-order valence-electron chi connectivity index (χ2n) is 4.24. The molecule has 14 heavy (non-hydrogen) atoms. The molecular weight excluding hydrogens is 174 g/mol. The van der Waals surface area contributed by atoms with Crippen LogP contribution in [-0.2, 0) is 6.42 Å². The van der Waals surface area contributed by atoms with E-state index in [9.17, 15) is 5.11 Å². The third-order valence-electron chi connectivity index (χ3n) is 3.06. The Kier molecular flexibility index (Phi) is 3.14. The standard InChI is InChI=1S/C12H17NO/c14-12-5-3-10(4-6-12)8-11-2-1-7-13-9-11/h1-2,7,9-10,12,14H,3-6,8H2. The van der Waals surface area contributed by atoms with Gasteiger partial charge in [0.15, 0.2) is 0 Å². The molecule has 0 saturated heterocycles. The Morgan fingerprint density at radius 1 is 1.29 bits per heavy atom. The van der Waals surface area contributed by atoms with Crippen LogP contribution in [0.4, 0.5) is 0 Å². The Hall–Kier alpha value is -0.890. The van der Waals surface area contributed by atoms with Crippen molar-refractivity contribution in [2.24, 2.45) is 5.92 Å². The molecule has 0 spiro atoms. The highest BCUT2D eigenvalue weighted by molar-refractivity contribution is 5.09. The van der Waals surface area contributed by atoms with Crippen LogP contribution in [0.3, 0.4) is 0 Å². The number of aliphatic hydroxyl groups excluding tert-OH is 1. The normalized spacial score (nSPS) is 27.5. The van der Waals surface area contributed by atoms with Crippen molar-refractivity contribution < 1.29 is 5.11 Å². The number of pyridine rings is 1. The van der Waals surface area contributed by atoms with Crippen molar-refractivity contribution in [3.63, 3.8) is 0 Å². The van der Waals surface area contributed by atoms with E-state index in [4.69, 9.17) is 0 Å². The second-order valence-corrected chi connectivity index (χ2v) is 4.24. The Bertz CT molecular complexity index is 265. The quantitative estimate of drug-likeness (QED) is 0.777. The summed E-state index contributed by atoms with van der Waals surface area (Å²) < 4.78 is 0. The summed E-state index contributed by atoms with van der Waals surface area (Å²) in [6, 6.07) is 4.13. The van der Waals surface area contributed by atoms with Gasteiger partial charge in [0.05, 0.1) is 6.10 Å². The molecule has 0 bridgehead atoms. The van der Waals surface area contributed by atoms with Crippen LogP contribution in [0.5, 0.6) is 0 Å². The van der Waals surface area contributed by atoms with Gasteiger partial charge < -0.3 is 5.11 Å². The fourth-order valence-corrected chi connectivity index (χ4v) is 2.20. The first kappa shape index (κ1) is 9.66. The monoisotopic (exact) mass is 191 g/mol. The summed E-state index contributed by atoms with van der Waals surface area (Å²) in [6.45, 7) is 0. The summed E-state index contributed by atoms with van der Waals surface area (Å²) >= 11 is 0. The summed E-state index contributed by atoms with van der Waals surface area (Å²) in [5, 5.41) is 9.38. The molecule has 1 saturated carbocycles. The van der Waals surface area contributed by atoms with Crippen LogP contribution in [0, 0.1) is 5.92 Å². The van der Waals surface area contributed by atoms with Crippen LogP contribution in [0.25, 0.3) is 0 Å². The summed E-state index contributed by atoms with van der Waals surface area (Å²) in [7, 11) is 0. The molecular formula is C12H17NO. The van der Waals surface area contributed by atoms with E-state index in [0.29, 0.717) is 0 Å². The minimum atomic E-state index is -0.0415. The van der Waals surface area contributed by atoms with Crippen molar-refractivity contribution in [2.45, 2.75) is 38.2 Å². The lowest BCUT2D eigenvalue weighted by atomic mass is 9.84. The van der Waals surface area contributed by atoms with Gasteiger partial charge in [-0.3, -0.25) is 4.98 Å². The molecule has 0 aromatic carbocycles. The largest absolute Gasteiger partial charge is 0.393 e. The zero-order chi connectivity index (χ0) is 9.80. The van der Waals surface area contributed by atoms with Crippen LogP contribution in [-0.4, -0.2) is 16.2 Å².